The molecule has 2 atom stereocenters. The van der Waals surface area contributed by atoms with Crippen LogP contribution in [0.25, 0.3) is 0 Å². The number of primary amides is 1. The third-order valence-electron chi connectivity index (χ3n) is 3.33. The van der Waals surface area contributed by atoms with Crippen LogP contribution in [-0.4, -0.2) is 43.0 Å². The van der Waals surface area contributed by atoms with Crippen molar-refractivity contribution in [1.82, 2.24) is 4.90 Å². The van der Waals surface area contributed by atoms with Crippen LogP contribution in [-0.2, 0) is 14.3 Å². The Balaban J connectivity index is 2.38. The van der Waals surface area contributed by atoms with Gasteiger partial charge in [0.1, 0.15) is 0 Å². The summed E-state index contributed by atoms with van der Waals surface area (Å²) < 4.78 is 5.10. The molecule has 0 saturated carbocycles. The Morgan fingerprint density at radius 2 is 2.24 bits per heavy atom. The van der Waals surface area contributed by atoms with Gasteiger partial charge in [0.05, 0.1) is 12.6 Å². The van der Waals surface area contributed by atoms with E-state index in [-0.39, 0.29) is 23.8 Å². The van der Waals surface area contributed by atoms with Crippen LogP contribution in [0.2, 0.25) is 0 Å². The van der Waals surface area contributed by atoms with Gasteiger partial charge in [-0.25, -0.2) is 0 Å². The molecular weight excluding hydrogens is 220 g/mol. The van der Waals surface area contributed by atoms with Crippen LogP contribution in [0.3, 0.4) is 0 Å². The van der Waals surface area contributed by atoms with E-state index >= 15 is 0 Å². The third-order valence-corrected chi connectivity index (χ3v) is 3.33. The van der Waals surface area contributed by atoms with E-state index in [9.17, 15) is 9.59 Å². The molecule has 1 saturated heterocycles. The van der Waals surface area contributed by atoms with E-state index < -0.39 is 0 Å². The minimum Gasteiger partial charge on any atom is -0.383 e. The first kappa shape index (κ1) is 14.0. The van der Waals surface area contributed by atoms with Gasteiger partial charge in [0.25, 0.3) is 0 Å². The smallest absolute Gasteiger partial charge is 0.222 e. The number of hydrogen-bond acceptors (Lipinski definition) is 3. The van der Waals surface area contributed by atoms with Gasteiger partial charge in [-0.15, -0.1) is 0 Å². The molecule has 0 spiro atoms. The largest absolute Gasteiger partial charge is 0.383 e. The molecular formula is C12H22N2O3. The first-order valence-corrected chi connectivity index (χ1v) is 6.14. The highest BCUT2D eigenvalue weighted by molar-refractivity contribution is 5.79. The number of carbonyl (C=O) groups excluding carboxylic acids is 2. The Morgan fingerprint density at radius 3 is 2.82 bits per heavy atom. The lowest BCUT2D eigenvalue weighted by Gasteiger charge is -2.24. The Morgan fingerprint density at radius 1 is 1.53 bits per heavy atom. The minimum atomic E-state index is -0.340. The van der Waals surface area contributed by atoms with Gasteiger partial charge >= 0.3 is 0 Å². The van der Waals surface area contributed by atoms with Crippen molar-refractivity contribution in [3.8, 4) is 0 Å². The zero-order valence-electron chi connectivity index (χ0n) is 10.6. The van der Waals surface area contributed by atoms with Crippen LogP contribution in [0.5, 0.6) is 0 Å². The Bertz CT molecular complexity index is 281. The maximum absolute atomic E-state index is 12.0. The van der Waals surface area contributed by atoms with Crippen LogP contribution in [0.15, 0.2) is 0 Å². The quantitative estimate of drug-likeness (QED) is 0.738. The first-order chi connectivity index (χ1) is 8.06. The highest BCUT2D eigenvalue weighted by atomic mass is 16.5. The molecule has 98 valence electrons. The molecule has 0 aliphatic carbocycles. The van der Waals surface area contributed by atoms with Crippen LogP contribution in [0.1, 0.15) is 32.6 Å². The van der Waals surface area contributed by atoms with Gasteiger partial charge in [-0.1, -0.05) is 6.92 Å². The number of hydrogen-bond donors (Lipinski definition) is 1. The molecule has 1 rings (SSSR count). The van der Waals surface area contributed by atoms with Crippen LogP contribution < -0.4 is 5.73 Å². The summed E-state index contributed by atoms with van der Waals surface area (Å²) in [5.41, 5.74) is 5.17. The van der Waals surface area contributed by atoms with Crippen molar-refractivity contribution in [2.45, 2.75) is 38.6 Å². The number of carbonyl (C=O) groups is 2. The fraction of sp³-hybridized carbons (Fsp3) is 0.833. The SMILES string of the molecule is COC[C@@H]1CCCN1C(=O)CC[C@H](C)C(N)=O. The molecule has 0 radical (unpaired) electrons. The van der Waals surface area contributed by atoms with E-state index in [4.69, 9.17) is 10.5 Å². The maximum atomic E-state index is 12.0. The summed E-state index contributed by atoms with van der Waals surface area (Å²) in [7, 11) is 1.65. The summed E-state index contributed by atoms with van der Waals surface area (Å²) in [6, 6.07) is 0.205. The number of methoxy groups -OCH3 is 1. The summed E-state index contributed by atoms with van der Waals surface area (Å²) in [6.07, 6.45) is 2.96. The summed E-state index contributed by atoms with van der Waals surface area (Å²) in [4.78, 5) is 24.7. The fourth-order valence-electron chi connectivity index (χ4n) is 2.16. The number of nitrogens with zero attached hydrogens (tertiary/aromatic N) is 1. The lowest BCUT2D eigenvalue weighted by molar-refractivity contribution is -0.133. The molecule has 1 aliphatic heterocycles. The highest BCUT2D eigenvalue weighted by Crippen LogP contribution is 2.19. The standard InChI is InChI=1S/C12H22N2O3/c1-9(12(13)16)5-6-11(15)14-7-3-4-10(14)8-17-2/h9-10H,3-8H2,1-2H3,(H2,13,16)/t9-,10-/m0/s1. The summed E-state index contributed by atoms with van der Waals surface area (Å²) in [5.74, 6) is -0.465. The second-order valence-corrected chi connectivity index (χ2v) is 4.68. The van der Waals surface area contributed by atoms with E-state index in [0.29, 0.717) is 19.4 Å². The van der Waals surface area contributed by atoms with Crippen molar-refractivity contribution in [1.29, 1.82) is 0 Å². The van der Waals surface area contributed by atoms with Crippen molar-refractivity contribution in [3.05, 3.63) is 0 Å². The number of likely N-dealkylation sites (tertiary alicyclic amines) is 1. The normalized spacial score (nSPS) is 21.5. The molecule has 0 bridgehead atoms. The molecule has 0 aromatic rings. The molecule has 1 heterocycles. The van der Waals surface area contributed by atoms with Crippen molar-refractivity contribution < 1.29 is 14.3 Å². The second kappa shape index (κ2) is 6.59. The maximum Gasteiger partial charge on any atom is 0.222 e. The third kappa shape index (κ3) is 4.00. The first-order valence-electron chi connectivity index (χ1n) is 6.14. The molecule has 2 amide bonds. The zero-order valence-corrected chi connectivity index (χ0v) is 10.6. The molecule has 5 heteroatoms. The number of nitrogens with two attached hydrogens (primary N) is 1. The van der Waals surface area contributed by atoms with E-state index in [0.717, 1.165) is 19.4 Å². The van der Waals surface area contributed by atoms with Crippen molar-refractivity contribution in [2.75, 3.05) is 20.3 Å². The zero-order chi connectivity index (χ0) is 12.8. The van der Waals surface area contributed by atoms with E-state index in [2.05, 4.69) is 0 Å². The second-order valence-electron chi connectivity index (χ2n) is 4.68. The lowest BCUT2D eigenvalue weighted by atomic mass is 10.0. The average molecular weight is 242 g/mol. The monoisotopic (exact) mass is 242 g/mol. The lowest BCUT2D eigenvalue weighted by Crippen LogP contribution is -2.38. The molecule has 0 unspecified atom stereocenters. The summed E-state index contributed by atoms with van der Waals surface area (Å²) in [5, 5.41) is 0. The van der Waals surface area contributed by atoms with E-state index in [1.165, 1.54) is 0 Å². The van der Waals surface area contributed by atoms with Gasteiger partial charge in [0.15, 0.2) is 0 Å². The van der Waals surface area contributed by atoms with Crippen molar-refractivity contribution >= 4 is 11.8 Å². The van der Waals surface area contributed by atoms with Gasteiger partial charge in [0, 0.05) is 26.0 Å². The number of ether oxygens (including phenoxy) is 1. The van der Waals surface area contributed by atoms with Crippen LogP contribution in [0, 0.1) is 5.92 Å². The molecule has 0 aromatic heterocycles. The van der Waals surface area contributed by atoms with Gasteiger partial charge in [-0.3, -0.25) is 9.59 Å². The summed E-state index contributed by atoms with van der Waals surface area (Å²) in [6.45, 7) is 3.15. The number of amides is 2. The Hall–Kier alpha value is -1.10. The molecule has 2 N–H and O–H groups in total. The average Bonchev–Trinajstić information content (AvgIpc) is 2.74. The number of rotatable bonds is 6. The van der Waals surface area contributed by atoms with Crippen LogP contribution >= 0.6 is 0 Å². The van der Waals surface area contributed by atoms with Gasteiger partial charge in [0.2, 0.25) is 11.8 Å². The minimum absolute atomic E-state index is 0.109. The Labute approximate surface area is 102 Å². The van der Waals surface area contributed by atoms with Gasteiger partial charge in [-0.2, -0.15) is 0 Å². The van der Waals surface area contributed by atoms with Crippen molar-refractivity contribution in [3.63, 3.8) is 0 Å². The van der Waals surface area contributed by atoms with Gasteiger partial charge < -0.3 is 15.4 Å². The van der Waals surface area contributed by atoms with Crippen LogP contribution in [0.4, 0.5) is 0 Å². The molecule has 17 heavy (non-hydrogen) atoms. The molecule has 1 aliphatic rings. The molecule has 0 aromatic carbocycles. The molecule has 1 fully saturated rings. The van der Waals surface area contributed by atoms with E-state index in [1.54, 1.807) is 14.0 Å². The predicted octanol–water partition coefficient (Wildman–Crippen LogP) is 0.525. The molecule has 5 nitrogen and oxygen atoms in total. The van der Waals surface area contributed by atoms with Crippen molar-refractivity contribution in [2.24, 2.45) is 11.7 Å². The van der Waals surface area contributed by atoms with E-state index in [1.807, 2.05) is 4.90 Å². The fourth-order valence-corrected chi connectivity index (χ4v) is 2.16. The predicted molar refractivity (Wildman–Crippen MR) is 64.2 cm³/mol. The topological polar surface area (TPSA) is 72.6 Å². The van der Waals surface area contributed by atoms with Gasteiger partial charge in [-0.05, 0) is 19.3 Å². The highest BCUT2D eigenvalue weighted by Gasteiger charge is 2.28. The Kier molecular flexibility index (Phi) is 5.41. The summed E-state index contributed by atoms with van der Waals surface area (Å²) >= 11 is 0.